The molecule has 1 heterocycles. The number of thiophene rings is 1. The van der Waals surface area contributed by atoms with Crippen LogP contribution >= 0.6 is 27.3 Å². The maximum atomic E-state index is 11.7. The summed E-state index contributed by atoms with van der Waals surface area (Å²) in [5, 5.41) is 1.81. The Bertz CT molecular complexity index is 563. The number of carbonyl (C=O) groups is 2. The molecule has 0 bridgehead atoms. The minimum Gasteiger partial charge on any atom is -0.454 e. The van der Waals surface area contributed by atoms with Crippen molar-refractivity contribution in [1.82, 2.24) is 0 Å². The van der Waals surface area contributed by atoms with Gasteiger partial charge in [0.05, 0.1) is 10.4 Å². The molecule has 1 aromatic carbocycles. The Kier molecular flexibility index (Phi) is 4.28. The molecule has 3 nitrogen and oxygen atoms in total. The molecule has 5 heteroatoms. The van der Waals surface area contributed by atoms with Gasteiger partial charge in [-0.1, -0.05) is 18.2 Å². The molecule has 18 heavy (non-hydrogen) atoms. The summed E-state index contributed by atoms with van der Waals surface area (Å²) >= 11 is 4.59. The number of benzene rings is 1. The lowest BCUT2D eigenvalue weighted by Gasteiger charge is -2.04. The van der Waals surface area contributed by atoms with Crippen molar-refractivity contribution in [3.63, 3.8) is 0 Å². The van der Waals surface area contributed by atoms with E-state index >= 15 is 0 Å². The fourth-order valence-corrected chi connectivity index (χ4v) is 2.44. The van der Waals surface area contributed by atoms with Crippen LogP contribution in [0.5, 0.6) is 0 Å². The summed E-state index contributed by atoms with van der Waals surface area (Å²) in [6.07, 6.45) is 0. The number of rotatable bonds is 4. The summed E-state index contributed by atoms with van der Waals surface area (Å²) < 4.78 is 5.63. The van der Waals surface area contributed by atoms with E-state index in [0.717, 1.165) is 0 Å². The van der Waals surface area contributed by atoms with Crippen molar-refractivity contribution in [3.8, 4) is 0 Å². The Morgan fingerprint density at radius 1 is 1.17 bits per heavy atom. The molecule has 0 amide bonds. The van der Waals surface area contributed by atoms with Crippen LogP contribution in [0.2, 0.25) is 0 Å². The molecule has 92 valence electrons. The Morgan fingerprint density at radius 3 is 2.61 bits per heavy atom. The summed E-state index contributed by atoms with van der Waals surface area (Å²) in [6, 6.07) is 10.4. The average Bonchev–Trinajstić information content (AvgIpc) is 2.90. The largest absolute Gasteiger partial charge is 0.454 e. The minimum atomic E-state index is -0.507. The van der Waals surface area contributed by atoms with Gasteiger partial charge in [0, 0.05) is 4.47 Å². The fraction of sp³-hybridized carbons (Fsp3) is 0.0769. The number of hydrogen-bond donors (Lipinski definition) is 0. The first kappa shape index (κ1) is 13.0. The topological polar surface area (TPSA) is 43.4 Å². The lowest BCUT2D eigenvalue weighted by molar-refractivity contribution is 0.0475. The lowest BCUT2D eigenvalue weighted by atomic mass is 10.2. The van der Waals surface area contributed by atoms with Crippen LogP contribution < -0.4 is 0 Å². The number of carbonyl (C=O) groups excluding carboxylic acids is 2. The smallest absolute Gasteiger partial charge is 0.339 e. The third kappa shape index (κ3) is 3.05. The van der Waals surface area contributed by atoms with Crippen molar-refractivity contribution >= 4 is 39.0 Å². The van der Waals surface area contributed by atoms with Gasteiger partial charge in [-0.15, -0.1) is 11.3 Å². The number of Topliss-reactive ketones (excluding diaryl/α,β-unsaturated/α-hetero) is 1. The summed E-state index contributed by atoms with van der Waals surface area (Å²) in [7, 11) is 0. The Labute approximate surface area is 117 Å². The van der Waals surface area contributed by atoms with Gasteiger partial charge in [0.2, 0.25) is 5.78 Å². The Balaban J connectivity index is 1.97. The van der Waals surface area contributed by atoms with Gasteiger partial charge < -0.3 is 4.74 Å². The van der Waals surface area contributed by atoms with E-state index in [1.807, 2.05) is 5.38 Å². The van der Waals surface area contributed by atoms with Crippen molar-refractivity contribution in [3.05, 3.63) is 56.7 Å². The molecule has 0 unspecified atom stereocenters. The maximum Gasteiger partial charge on any atom is 0.339 e. The molecule has 0 fully saturated rings. The van der Waals surface area contributed by atoms with Gasteiger partial charge in [-0.25, -0.2) is 4.79 Å². The zero-order chi connectivity index (χ0) is 13.0. The van der Waals surface area contributed by atoms with E-state index in [9.17, 15) is 9.59 Å². The molecule has 0 N–H and O–H groups in total. The first-order valence-electron chi connectivity index (χ1n) is 5.17. The van der Waals surface area contributed by atoms with E-state index in [0.29, 0.717) is 14.9 Å². The molecule has 0 atom stereocenters. The lowest BCUT2D eigenvalue weighted by Crippen LogP contribution is -2.13. The van der Waals surface area contributed by atoms with Crippen molar-refractivity contribution in [1.29, 1.82) is 0 Å². The van der Waals surface area contributed by atoms with Crippen LogP contribution in [-0.4, -0.2) is 18.4 Å². The SMILES string of the molecule is O=C(COC(=O)c1ccccc1Br)c1cccs1. The monoisotopic (exact) mass is 324 g/mol. The van der Waals surface area contributed by atoms with E-state index in [1.54, 1.807) is 36.4 Å². The predicted molar refractivity (Wildman–Crippen MR) is 73.1 cm³/mol. The normalized spacial score (nSPS) is 10.1. The van der Waals surface area contributed by atoms with E-state index in [4.69, 9.17) is 4.74 Å². The Hall–Kier alpha value is -1.46. The van der Waals surface area contributed by atoms with Crippen LogP contribution in [0, 0.1) is 0 Å². The molecule has 0 radical (unpaired) electrons. The number of halogens is 1. The molecule has 0 aliphatic rings. The van der Waals surface area contributed by atoms with E-state index in [2.05, 4.69) is 15.9 Å². The highest BCUT2D eigenvalue weighted by atomic mass is 79.9. The highest BCUT2D eigenvalue weighted by Gasteiger charge is 2.14. The van der Waals surface area contributed by atoms with Crippen molar-refractivity contribution in [2.24, 2.45) is 0 Å². The molecule has 1 aromatic heterocycles. The first-order chi connectivity index (χ1) is 8.68. The molecular formula is C13H9BrO3S. The summed E-state index contributed by atoms with van der Waals surface area (Å²) in [5.41, 5.74) is 0.413. The summed E-state index contributed by atoms with van der Waals surface area (Å²) in [4.78, 5) is 24.0. The van der Waals surface area contributed by atoms with Crippen molar-refractivity contribution in [2.45, 2.75) is 0 Å². The number of esters is 1. The molecule has 2 aromatic rings. The van der Waals surface area contributed by atoms with Crippen molar-refractivity contribution in [2.75, 3.05) is 6.61 Å². The van der Waals surface area contributed by atoms with Crippen molar-refractivity contribution < 1.29 is 14.3 Å². The Morgan fingerprint density at radius 2 is 1.94 bits per heavy atom. The molecule has 2 rings (SSSR count). The van der Waals surface area contributed by atoms with Gasteiger partial charge >= 0.3 is 5.97 Å². The molecule has 0 aliphatic carbocycles. The molecule has 0 saturated carbocycles. The quantitative estimate of drug-likeness (QED) is 0.638. The highest BCUT2D eigenvalue weighted by molar-refractivity contribution is 9.10. The molecule has 0 spiro atoms. The van der Waals surface area contributed by atoms with Crippen LogP contribution in [0.15, 0.2) is 46.3 Å². The third-order valence-electron chi connectivity index (χ3n) is 2.22. The van der Waals surface area contributed by atoms with Gasteiger partial charge in [0.15, 0.2) is 6.61 Å². The van der Waals surface area contributed by atoms with E-state index in [-0.39, 0.29) is 12.4 Å². The van der Waals surface area contributed by atoms with E-state index < -0.39 is 5.97 Å². The zero-order valence-corrected chi connectivity index (χ0v) is 11.7. The third-order valence-corrected chi connectivity index (χ3v) is 3.83. The number of ketones is 1. The average molecular weight is 325 g/mol. The second-order valence-corrected chi connectivity index (χ2v) is 5.26. The van der Waals surface area contributed by atoms with Crippen LogP contribution in [-0.2, 0) is 4.74 Å². The van der Waals surface area contributed by atoms with Gasteiger partial charge in [-0.3, -0.25) is 4.79 Å². The predicted octanol–water partition coefficient (Wildman–Crippen LogP) is 3.55. The highest BCUT2D eigenvalue weighted by Crippen LogP contribution is 2.17. The number of ether oxygens (including phenoxy) is 1. The van der Waals surface area contributed by atoms with Crippen LogP contribution in [0.1, 0.15) is 20.0 Å². The first-order valence-corrected chi connectivity index (χ1v) is 6.84. The van der Waals surface area contributed by atoms with Crippen LogP contribution in [0.3, 0.4) is 0 Å². The minimum absolute atomic E-state index is 0.189. The van der Waals surface area contributed by atoms with E-state index in [1.165, 1.54) is 11.3 Å². The number of hydrogen-bond acceptors (Lipinski definition) is 4. The standard InChI is InChI=1S/C13H9BrO3S/c14-10-5-2-1-4-9(10)13(16)17-8-11(15)12-6-3-7-18-12/h1-7H,8H2. The van der Waals surface area contributed by atoms with Gasteiger partial charge in [0.25, 0.3) is 0 Å². The molecule has 0 saturated heterocycles. The molecule has 0 aliphatic heterocycles. The summed E-state index contributed by atoms with van der Waals surface area (Å²) in [5.74, 6) is -0.696. The van der Waals surface area contributed by atoms with Gasteiger partial charge in [0.1, 0.15) is 0 Å². The van der Waals surface area contributed by atoms with Gasteiger partial charge in [-0.05, 0) is 39.5 Å². The van der Waals surface area contributed by atoms with Crippen LogP contribution in [0.4, 0.5) is 0 Å². The maximum absolute atomic E-state index is 11.7. The summed E-state index contributed by atoms with van der Waals surface area (Å²) in [6.45, 7) is -0.235. The second kappa shape index (κ2) is 5.93. The van der Waals surface area contributed by atoms with Gasteiger partial charge in [-0.2, -0.15) is 0 Å². The zero-order valence-electron chi connectivity index (χ0n) is 9.26. The second-order valence-electron chi connectivity index (χ2n) is 3.46. The fourth-order valence-electron chi connectivity index (χ4n) is 1.34. The molecular weight excluding hydrogens is 316 g/mol. The van der Waals surface area contributed by atoms with Crippen LogP contribution in [0.25, 0.3) is 0 Å².